The van der Waals surface area contributed by atoms with Crippen LogP contribution in [0.15, 0.2) is 12.1 Å². The summed E-state index contributed by atoms with van der Waals surface area (Å²) in [6.45, 7) is 2.05. The molecular weight excluding hydrogens is 202 g/mol. The Morgan fingerprint density at radius 3 is 2.87 bits per heavy atom. The number of benzene rings is 1. The number of hydrogen-bond acceptors (Lipinski definition) is 2. The summed E-state index contributed by atoms with van der Waals surface area (Å²) in [4.78, 5) is 11.4. The van der Waals surface area contributed by atoms with E-state index in [9.17, 15) is 13.6 Å². The Morgan fingerprint density at radius 1 is 1.40 bits per heavy atom. The fourth-order valence-corrected chi connectivity index (χ4v) is 1.46. The highest BCUT2D eigenvalue weighted by molar-refractivity contribution is 5.97. The molecule has 15 heavy (non-hydrogen) atoms. The van der Waals surface area contributed by atoms with E-state index in [1.165, 1.54) is 0 Å². The van der Waals surface area contributed by atoms with Gasteiger partial charge in [0.25, 0.3) is 0 Å². The summed E-state index contributed by atoms with van der Waals surface area (Å²) in [5.41, 5.74) is 0.302. The van der Waals surface area contributed by atoms with E-state index in [0.717, 1.165) is 12.1 Å². The van der Waals surface area contributed by atoms with Gasteiger partial charge in [-0.15, -0.1) is 0 Å². The normalized spacial score (nSPS) is 19.9. The standard InChI is InChI=1S/C10H10F2N2O/c1-5-4-13-9-7(12)2-6(11)3-8(9)14-10(5)15/h2-3,5,13H,4H2,1H3,(H,14,15). The van der Waals surface area contributed by atoms with Gasteiger partial charge in [0.2, 0.25) is 5.91 Å². The second kappa shape index (κ2) is 3.49. The molecule has 0 saturated heterocycles. The largest absolute Gasteiger partial charge is 0.380 e. The van der Waals surface area contributed by atoms with E-state index in [4.69, 9.17) is 0 Å². The Labute approximate surface area is 85.5 Å². The molecule has 0 saturated carbocycles. The molecule has 0 aromatic heterocycles. The quantitative estimate of drug-likeness (QED) is 0.690. The monoisotopic (exact) mass is 212 g/mol. The first-order valence-electron chi connectivity index (χ1n) is 4.61. The lowest BCUT2D eigenvalue weighted by molar-refractivity contribution is -0.118. The maximum absolute atomic E-state index is 13.3. The molecule has 1 aliphatic rings. The number of fused-ring (bicyclic) bond motifs is 1. The van der Waals surface area contributed by atoms with Crippen LogP contribution in [0.1, 0.15) is 6.92 Å². The summed E-state index contributed by atoms with van der Waals surface area (Å²) in [7, 11) is 0. The van der Waals surface area contributed by atoms with E-state index in [2.05, 4.69) is 10.6 Å². The molecule has 1 heterocycles. The zero-order chi connectivity index (χ0) is 11.0. The van der Waals surface area contributed by atoms with E-state index in [1.807, 2.05) is 0 Å². The Morgan fingerprint density at radius 2 is 2.13 bits per heavy atom. The highest BCUT2D eigenvalue weighted by Gasteiger charge is 2.21. The van der Waals surface area contributed by atoms with E-state index < -0.39 is 11.6 Å². The van der Waals surface area contributed by atoms with Crippen molar-refractivity contribution in [2.45, 2.75) is 6.92 Å². The lowest BCUT2D eigenvalue weighted by Gasteiger charge is -2.08. The molecule has 1 atom stereocenters. The first-order valence-corrected chi connectivity index (χ1v) is 4.61. The molecule has 0 fully saturated rings. The summed E-state index contributed by atoms with van der Waals surface area (Å²) >= 11 is 0. The zero-order valence-corrected chi connectivity index (χ0v) is 8.10. The van der Waals surface area contributed by atoms with Crippen LogP contribution >= 0.6 is 0 Å². The van der Waals surface area contributed by atoms with Crippen LogP contribution in [0.25, 0.3) is 0 Å². The average Bonchev–Trinajstić information content (AvgIpc) is 2.27. The summed E-state index contributed by atoms with van der Waals surface area (Å²) in [6, 6.07) is 1.88. The van der Waals surface area contributed by atoms with Gasteiger partial charge in [-0.25, -0.2) is 8.78 Å². The molecule has 0 aliphatic carbocycles. The number of carbonyl (C=O) groups is 1. The molecular formula is C10H10F2N2O. The van der Waals surface area contributed by atoms with Gasteiger partial charge in [-0.05, 0) is 6.07 Å². The third-order valence-electron chi connectivity index (χ3n) is 2.35. The number of rotatable bonds is 0. The van der Waals surface area contributed by atoms with Gasteiger partial charge in [-0.1, -0.05) is 6.92 Å². The van der Waals surface area contributed by atoms with E-state index in [0.29, 0.717) is 6.54 Å². The first-order chi connectivity index (χ1) is 7.08. The number of amides is 1. The third kappa shape index (κ3) is 1.77. The molecule has 0 radical (unpaired) electrons. The third-order valence-corrected chi connectivity index (χ3v) is 2.35. The number of halogens is 2. The molecule has 80 valence electrons. The minimum atomic E-state index is -0.706. The van der Waals surface area contributed by atoms with Crippen molar-refractivity contribution < 1.29 is 13.6 Å². The van der Waals surface area contributed by atoms with Crippen LogP contribution in [-0.4, -0.2) is 12.5 Å². The van der Waals surface area contributed by atoms with Crippen LogP contribution in [0.4, 0.5) is 20.2 Å². The van der Waals surface area contributed by atoms with Crippen molar-refractivity contribution in [3.05, 3.63) is 23.8 Å². The van der Waals surface area contributed by atoms with Crippen LogP contribution < -0.4 is 10.6 Å². The molecule has 5 heteroatoms. The minimum absolute atomic E-state index is 0.147. The van der Waals surface area contributed by atoms with Gasteiger partial charge < -0.3 is 10.6 Å². The van der Waals surface area contributed by atoms with Gasteiger partial charge in [0, 0.05) is 12.6 Å². The lowest BCUT2D eigenvalue weighted by Crippen LogP contribution is -2.22. The number of nitrogens with one attached hydrogen (secondary N) is 2. The Kier molecular flexibility index (Phi) is 2.30. The van der Waals surface area contributed by atoms with Crippen molar-refractivity contribution in [2.24, 2.45) is 5.92 Å². The molecule has 2 N–H and O–H groups in total. The molecule has 1 aliphatic heterocycles. The maximum Gasteiger partial charge on any atom is 0.229 e. The smallest absolute Gasteiger partial charge is 0.229 e. The number of hydrogen-bond donors (Lipinski definition) is 2. The van der Waals surface area contributed by atoms with Crippen molar-refractivity contribution in [1.82, 2.24) is 0 Å². The highest BCUT2D eigenvalue weighted by Crippen LogP contribution is 2.29. The SMILES string of the molecule is CC1CNc2c(F)cc(F)cc2NC1=O. The van der Waals surface area contributed by atoms with Crippen LogP contribution in [0.5, 0.6) is 0 Å². The fourth-order valence-electron chi connectivity index (χ4n) is 1.46. The van der Waals surface area contributed by atoms with Crippen LogP contribution in [0.3, 0.4) is 0 Å². The molecule has 0 spiro atoms. The van der Waals surface area contributed by atoms with Crippen LogP contribution in [-0.2, 0) is 4.79 Å². The first kappa shape index (κ1) is 9.89. The molecule has 2 rings (SSSR count). The van der Waals surface area contributed by atoms with Crippen LogP contribution in [0.2, 0.25) is 0 Å². The highest BCUT2D eigenvalue weighted by atomic mass is 19.1. The van der Waals surface area contributed by atoms with Crippen molar-refractivity contribution >= 4 is 17.3 Å². The van der Waals surface area contributed by atoms with E-state index in [-0.39, 0.29) is 23.2 Å². The molecule has 3 nitrogen and oxygen atoms in total. The molecule has 1 amide bonds. The summed E-state index contributed by atoms with van der Waals surface area (Å²) in [6.07, 6.45) is 0. The minimum Gasteiger partial charge on any atom is -0.380 e. The van der Waals surface area contributed by atoms with Gasteiger partial charge in [0.05, 0.1) is 17.3 Å². The van der Waals surface area contributed by atoms with Gasteiger partial charge in [-0.3, -0.25) is 4.79 Å². The van der Waals surface area contributed by atoms with E-state index in [1.54, 1.807) is 6.92 Å². The van der Waals surface area contributed by atoms with Crippen LogP contribution in [0, 0.1) is 17.6 Å². The summed E-state index contributed by atoms with van der Waals surface area (Å²) in [5, 5.41) is 5.25. The predicted octanol–water partition coefficient (Wildman–Crippen LogP) is 1.96. The number of carbonyl (C=O) groups excluding carboxylic acids is 1. The second-order valence-corrected chi connectivity index (χ2v) is 3.58. The summed E-state index contributed by atoms with van der Waals surface area (Å²) in [5.74, 6) is -1.92. The molecule has 0 bridgehead atoms. The summed E-state index contributed by atoms with van der Waals surface area (Å²) < 4.78 is 26.2. The average molecular weight is 212 g/mol. The van der Waals surface area contributed by atoms with Crippen molar-refractivity contribution in [1.29, 1.82) is 0 Å². The Hall–Kier alpha value is -1.65. The topological polar surface area (TPSA) is 41.1 Å². The maximum atomic E-state index is 13.3. The number of anilines is 2. The Bertz CT molecular complexity index is 420. The van der Waals surface area contributed by atoms with Gasteiger partial charge in [-0.2, -0.15) is 0 Å². The van der Waals surface area contributed by atoms with E-state index >= 15 is 0 Å². The van der Waals surface area contributed by atoms with Crippen molar-refractivity contribution in [3.63, 3.8) is 0 Å². The van der Waals surface area contributed by atoms with Crippen molar-refractivity contribution in [2.75, 3.05) is 17.2 Å². The predicted molar refractivity (Wildman–Crippen MR) is 52.6 cm³/mol. The van der Waals surface area contributed by atoms with Gasteiger partial charge in [0.15, 0.2) is 5.82 Å². The fraction of sp³-hybridized carbons (Fsp3) is 0.300. The molecule has 1 unspecified atom stereocenters. The lowest BCUT2D eigenvalue weighted by atomic mass is 10.2. The Balaban J connectivity index is 2.47. The second-order valence-electron chi connectivity index (χ2n) is 3.58. The zero-order valence-electron chi connectivity index (χ0n) is 8.10. The molecule has 1 aromatic rings. The van der Waals surface area contributed by atoms with Crippen molar-refractivity contribution in [3.8, 4) is 0 Å². The van der Waals surface area contributed by atoms with Gasteiger partial charge >= 0.3 is 0 Å². The molecule has 1 aromatic carbocycles. The van der Waals surface area contributed by atoms with Gasteiger partial charge in [0.1, 0.15) is 5.82 Å².